The Morgan fingerprint density at radius 1 is 1.29 bits per heavy atom. The Morgan fingerprint density at radius 2 is 2.12 bits per heavy atom. The molecule has 0 bridgehead atoms. The van der Waals surface area contributed by atoms with E-state index in [9.17, 15) is 13.6 Å². The number of rotatable bonds is 4. The molecule has 1 aromatic heterocycles. The Kier molecular flexibility index (Phi) is 5.00. The van der Waals surface area contributed by atoms with Crippen LogP contribution < -0.4 is 0 Å². The summed E-state index contributed by atoms with van der Waals surface area (Å²) >= 11 is 0. The summed E-state index contributed by atoms with van der Waals surface area (Å²) in [6.45, 7) is 4.03. The van der Waals surface area contributed by atoms with Crippen molar-refractivity contribution in [3.63, 3.8) is 0 Å². The number of hydrogen-bond acceptors (Lipinski definition) is 3. The zero-order valence-corrected chi connectivity index (χ0v) is 13.6. The number of Topliss-reactive ketones (excluding diaryl/α,β-unsaturated/α-hetero) is 1. The second kappa shape index (κ2) is 7.18. The third kappa shape index (κ3) is 3.85. The van der Waals surface area contributed by atoms with E-state index in [0.29, 0.717) is 19.5 Å². The Labute approximate surface area is 140 Å². The largest absolute Gasteiger partial charge is 0.297 e. The number of nitrogens with zero attached hydrogens (tertiary/aromatic N) is 2. The highest BCUT2D eigenvalue weighted by molar-refractivity contribution is 5.98. The van der Waals surface area contributed by atoms with Crippen LogP contribution in [0.3, 0.4) is 0 Å². The molecule has 1 unspecified atom stereocenters. The standard InChI is InChI=1S/C19H20F2N2O/c1-13-4-2-6-16(22-13)12-23-9-3-5-14(11-23)19(24)17-10-15(20)7-8-18(17)21/h2,4,6-8,10,14H,3,5,9,11-12H2,1H3. The predicted octanol–water partition coefficient (Wildman–Crippen LogP) is 3.76. The summed E-state index contributed by atoms with van der Waals surface area (Å²) in [5, 5.41) is 0. The molecule has 0 spiro atoms. The Balaban J connectivity index is 1.71. The molecule has 1 aromatic carbocycles. The molecule has 0 N–H and O–H groups in total. The van der Waals surface area contributed by atoms with Crippen LogP contribution in [-0.4, -0.2) is 28.8 Å². The monoisotopic (exact) mass is 330 g/mol. The van der Waals surface area contributed by atoms with E-state index in [4.69, 9.17) is 0 Å². The van der Waals surface area contributed by atoms with Gasteiger partial charge < -0.3 is 0 Å². The zero-order chi connectivity index (χ0) is 17.1. The van der Waals surface area contributed by atoms with Crippen LogP contribution in [-0.2, 0) is 6.54 Å². The van der Waals surface area contributed by atoms with E-state index < -0.39 is 11.6 Å². The van der Waals surface area contributed by atoms with Gasteiger partial charge in [0, 0.05) is 24.7 Å². The third-order valence-corrected chi connectivity index (χ3v) is 4.40. The number of carbonyl (C=O) groups is 1. The van der Waals surface area contributed by atoms with Crippen molar-refractivity contribution in [2.75, 3.05) is 13.1 Å². The topological polar surface area (TPSA) is 33.2 Å². The molecular weight excluding hydrogens is 310 g/mol. The first-order valence-corrected chi connectivity index (χ1v) is 8.17. The lowest BCUT2D eigenvalue weighted by molar-refractivity contribution is 0.0805. The maximum Gasteiger partial charge on any atom is 0.170 e. The molecule has 1 atom stereocenters. The van der Waals surface area contributed by atoms with Gasteiger partial charge in [-0.3, -0.25) is 14.7 Å². The van der Waals surface area contributed by atoms with Gasteiger partial charge in [-0.2, -0.15) is 0 Å². The smallest absolute Gasteiger partial charge is 0.170 e. The first-order valence-electron chi connectivity index (χ1n) is 8.17. The van der Waals surface area contributed by atoms with Crippen LogP contribution in [0.5, 0.6) is 0 Å². The van der Waals surface area contributed by atoms with Gasteiger partial charge in [-0.25, -0.2) is 8.78 Å². The molecule has 0 aliphatic carbocycles. The van der Waals surface area contributed by atoms with E-state index >= 15 is 0 Å². The highest BCUT2D eigenvalue weighted by Gasteiger charge is 2.28. The van der Waals surface area contributed by atoms with Gasteiger partial charge in [0.2, 0.25) is 0 Å². The fourth-order valence-corrected chi connectivity index (χ4v) is 3.24. The summed E-state index contributed by atoms with van der Waals surface area (Å²) in [6, 6.07) is 8.91. The summed E-state index contributed by atoms with van der Waals surface area (Å²) < 4.78 is 27.2. The number of benzene rings is 1. The van der Waals surface area contributed by atoms with Crippen molar-refractivity contribution in [2.24, 2.45) is 5.92 Å². The molecule has 0 amide bonds. The number of pyridine rings is 1. The molecular formula is C19H20F2N2O. The normalized spacial score (nSPS) is 18.5. The molecule has 1 aliphatic heterocycles. The van der Waals surface area contributed by atoms with Gasteiger partial charge in [0.1, 0.15) is 11.6 Å². The average molecular weight is 330 g/mol. The highest BCUT2D eigenvalue weighted by atomic mass is 19.1. The number of halogens is 2. The lowest BCUT2D eigenvalue weighted by atomic mass is 9.89. The molecule has 5 heteroatoms. The van der Waals surface area contributed by atoms with Crippen LogP contribution in [0.4, 0.5) is 8.78 Å². The van der Waals surface area contributed by atoms with E-state index in [1.807, 2.05) is 25.1 Å². The molecule has 2 aromatic rings. The summed E-state index contributed by atoms with van der Waals surface area (Å²) in [5.41, 5.74) is 1.77. The van der Waals surface area contributed by atoms with Crippen LogP contribution in [0, 0.1) is 24.5 Å². The number of likely N-dealkylation sites (tertiary alicyclic amines) is 1. The molecule has 3 nitrogen and oxygen atoms in total. The van der Waals surface area contributed by atoms with E-state index in [-0.39, 0.29) is 17.3 Å². The number of aromatic nitrogens is 1. The molecule has 1 fully saturated rings. The van der Waals surface area contributed by atoms with Crippen molar-refractivity contribution in [3.8, 4) is 0 Å². The van der Waals surface area contributed by atoms with Gasteiger partial charge in [0.25, 0.3) is 0 Å². The second-order valence-corrected chi connectivity index (χ2v) is 6.33. The fourth-order valence-electron chi connectivity index (χ4n) is 3.24. The van der Waals surface area contributed by atoms with Crippen LogP contribution in [0.1, 0.15) is 34.6 Å². The minimum atomic E-state index is -0.654. The zero-order valence-electron chi connectivity index (χ0n) is 13.6. The van der Waals surface area contributed by atoms with E-state index in [0.717, 1.165) is 42.6 Å². The molecule has 3 rings (SSSR count). The van der Waals surface area contributed by atoms with Gasteiger partial charge in [0.15, 0.2) is 5.78 Å². The lowest BCUT2D eigenvalue weighted by Gasteiger charge is -2.31. The summed E-state index contributed by atoms with van der Waals surface area (Å²) in [7, 11) is 0. The van der Waals surface area contributed by atoms with Gasteiger partial charge in [0.05, 0.1) is 11.3 Å². The SMILES string of the molecule is Cc1cccc(CN2CCCC(C(=O)c3cc(F)ccc3F)C2)n1. The Bertz CT molecular complexity index is 748. The number of hydrogen-bond donors (Lipinski definition) is 0. The van der Waals surface area contributed by atoms with E-state index in [2.05, 4.69) is 9.88 Å². The molecule has 1 saturated heterocycles. The van der Waals surface area contributed by atoms with Crippen molar-refractivity contribution in [1.29, 1.82) is 0 Å². The highest BCUT2D eigenvalue weighted by Crippen LogP contribution is 2.24. The summed E-state index contributed by atoms with van der Waals surface area (Å²) in [5.74, 6) is -1.86. The maximum atomic E-state index is 13.9. The third-order valence-electron chi connectivity index (χ3n) is 4.40. The predicted molar refractivity (Wildman–Crippen MR) is 87.7 cm³/mol. The fraction of sp³-hybridized carbons (Fsp3) is 0.368. The van der Waals surface area contributed by atoms with Crippen LogP contribution in [0.25, 0.3) is 0 Å². The quantitative estimate of drug-likeness (QED) is 0.800. The average Bonchev–Trinajstić information content (AvgIpc) is 2.57. The number of carbonyl (C=O) groups excluding carboxylic acids is 1. The second-order valence-electron chi connectivity index (χ2n) is 6.33. The molecule has 0 saturated carbocycles. The molecule has 24 heavy (non-hydrogen) atoms. The van der Waals surface area contributed by atoms with Crippen molar-refractivity contribution >= 4 is 5.78 Å². The van der Waals surface area contributed by atoms with Crippen molar-refractivity contribution in [2.45, 2.75) is 26.3 Å². The summed E-state index contributed by atoms with van der Waals surface area (Å²) in [6.07, 6.45) is 1.56. The minimum Gasteiger partial charge on any atom is -0.297 e. The van der Waals surface area contributed by atoms with Crippen molar-refractivity contribution in [1.82, 2.24) is 9.88 Å². The van der Waals surface area contributed by atoms with Gasteiger partial charge in [-0.05, 0) is 56.6 Å². The van der Waals surface area contributed by atoms with E-state index in [1.165, 1.54) is 0 Å². The van der Waals surface area contributed by atoms with Gasteiger partial charge in [-0.1, -0.05) is 6.07 Å². The van der Waals surface area contributed by atoms with Gasteiger partial charge in [-0.15, -0.1) is 0 Å². The van der Waals surface area contributed by atoms with Crippen LogP contribution >= 0.6 is 0 Å². The molecule has 126 valence electrons. The first-order chi connectivity index (χ1) is 11.5. The lowest BCUT2D eigenvalue weighted by Crippen LogP contribution is -2.38. The molecule has 0 radical (unpaired) electrons. The van der Waals surface area contributed by atoms with Gasteiger partial charge >= 0.3 is 0 Å². The number of ketones is 1. The summed E-state index contributed by atoms with van der Waals surface area (Å²) in [4.78, 5) is 19.2. The Hall–Kier alpha value is -2.14. The maximum absolute atomic E-state index is 13.9. The van der Waals surface area contributed by atoms with E-state index in [1.54, 1.807) is 0 Å². The van der Waals surface area contributed by atoms with Crippen molar-refractivity contribution < 1.29 is 13.6 Å². The number of piperidine rings is 1. The minimum absolute atomic E-state index is 0.143. The first kappa shape index (κ1) is 16.7. The Morgan fingerprint density at radius 3 is 2.92 bits per heavy atom. The molecule has 2 heterocycles. The van der Waals surface area contributed by atoms with Crippen LogP contribution in [0.15, 0.2) is 36.4 Å². The molecule has 1 aliphatic rings. The number of aryl methyl sites for hydroxylation is 1. The van der Waals surface area contributed by atoms with Crippen molar-refractivity contribution in [3.05, 3.63) is 65.0 Å². The van der Waals surface area contributed by atoms with Crippen LogP contribution in [0.2, 0.25) is 0 Å².